The van der Waals surface area contributed by atoms with Gasteiger partial charge in [0, 0.05) is 13.1 Å². The zero-order valence-corrected chi connectivity index (χ0v) is 8.69. The van der Waals surface area contributed by atoms with Gasteiger partial charge in [-0.1, -0.05) is 0 Å². The maximum Gasteiger partial charge on any atom is 0.307 e. The predicted octanol–water partition coefficient (Wildman–Crippen LogP) is 0.966. The van der Waals surface area contributed by atoms with Gasteiger partial charge >= 0.3 is 5.97 Å². The number of carbonyl (C=O) groups is 2. The van der Waals surface area contributed by atoms with Crippen molar-refractivity contribution in [3.8, 4) is 0 Å². The summed E-state index contributed by atoms with van der Waals surface area (Å²) in [4.78, 5) is 24.2. The quantitative estimate of drug-likeness (QED) is 0.733. The summed E-state index contributed by atoms with van der Waals surface area (Å²) in [5.74, 6) is -1.54. The molecule has 0 aromatic rings. The Hall–Kier alpha value is -1.06. The molecule has 1 aliphatic carbocycles. The molecule has 1 N–H and O–H groups in total. The topological polar surface area (TPSA) is 57.6 Å². The number of amides is 1. The summed E-state index contributed by atoms with van der Waals surface area (Å²) in [5.41, 5.74) is 0. The van der Waals surface area contributed by atoms with Crippen molar-refractivity contribution in [2.24, 2.45) is 11.8 Å². The van der Waals surface area contributed by atoms with Gasteiger partial charge in [-0.05, 0) is 26.7 Å². The lowest BCUT2D eigenvalue weighted by atomic mass is 9.73. The molecule has 0 bridgehead atoms. The first-order valence-corrected chi connectivity index (χ1v) is 5.13. The van der Waals surface area contributed by atoms with Crippen molar-refractivity contribution in [2.75, 3.05) is 13.1 Å². The largest absolute Gasteiger partial charge is 0.481 e. The fourth-order valence-corrected chi connectivity index (χ4v) is 1.86. The Labute approximate surface area is 83.9 Å². The molecular formula is C10H17NO3. The predicted molar refractivity (Wildman–Crippen MR) is 51.8 cm³/mol. The molecule has 0 radical (unpaired) electrons. The second-order valence-electron chi connectivity index (χ2n) is 3.64. The minimum Gasteiger partial charge on any atom is -0.481 e. The van der Waals surface area contributed by atoms with Crippen LogP contribution in [0.1, 0.15) is 26.7 Å². The molecule has 0 aliphatic heterocycles. The van der Waals surface area contributed by atoms with Gasteiger partial charge in [0.15, 0.2) is 0 Å². The Kier molecular flexibility index (Phi) is 3.49. The Balaban J connectivity index is 2.57. The van der Waals surface area contributed by atoms with Crippen molar-refractivity contribution in [1.29, 1.82) is 0 Å². The first kappa shape index (κ1) is 11.0. The van der Waals surface area contributed by atoms with Gasteiger partial charge in [0.2, 0.25) is 5.91 Å². The van der Waals surface area contributed by atoms with E-state index in [0.717, 1.165) is 6.42 Å². The minimum absolute atomic E-state index is 0.00801. The molecule has 80 valence electrons. The highest BCUT2D eigenvalue weighted by Crippen LogP contribution is 2.35. The fourth-order valence-electron chi connectivity index (χ4n) is 1.86. The fraction of sp³-hybridized carbons (Fsp3) is 0.800. The third-order valence-corrected chi connectivity index (χ3v) is 2.98. The maximum absolute atomic E-state index is 11.8. The normalized spacial score (nSPS) is 25.3. The van der Waals surface area contributed by atoms with Crippen molar-refractivity contribution in [3.63, 3.8) is 0 Å². The molecule has 4 heteroatoms. The van der Waals surface area contributed by atoms with E-state index in [4.69, 9.17) is 5.11 Å². The van der Waals surface area contributed by atoms with Crippen LogP contribution in [0.15, 0.2) is 0 Å². The molecule has 1 amide bonds. The molecule has 1 rings (SSSR count). The van der Waals surface area contributed by atoms with Crippen LogP contribution in [-0.2, 0) is 9.59 Å². The van der Waals surface area contributed by atoms with Gasteiger partial charge in [0.25, 0.3) is 0 Å². The van der Waals surface area contributed by atoms with Gasteiger partial charge in [-0.2, -0.15) is 0 Å². The average Bonchev–Trinajstić information content (AvgIpc) is 2.02. The number of carboxylic acid groups (broad SMARTS) is 1. The van der Waals surface area contributed by atoms with Gasteiger partial charge in [-0.3, -0.25) is 9.59 Å². The number of rotatable bonds is 4. The molecule has 1 aliphatic rings. The summed E-state index contributed by atoms with van der Waals surface area (Å²) in [6.07, 6.45) is 1.37. The van der Waals surface area contributed by atoms with Crippen LogP contribution < -0.4 is 0 Å². The molecule has 14 heavy (non-hydrogen) atoms. The summed E-state index contributed by atoms with van der Waals surface area (Å²) in [6, 6.07) is 0. The maximum atomic E-state index is 11.8. The third kappa shape index (κ3) is 1.89. The second kappa shape index (κ2) is 4.44. The molecule has 0 spiro atoms. The third-order valence-electron chi connectivity index (χ3n) is 2.98. The standard InChI is InChI=1S/C10H17NO3/c1-3-11(4-2)9(12)7-5-6-8(7)10(13)14/h7-8H,3-6H2,1-2H3,(H,13,14). The van der Waals surface area contributed by atoms with Crippen molar-refractivity contribution in [3.05, 3.63) is 0 Å². The Morgan fingerprint density at radius 2 is 1.71 bits per heavy atom. The Morgan fingerprint density at radius 1 is 1.21 bits per heavy atom. The van der Waals surface area contributed by atoms with Gasteiger partial charge in [-0.15, -0.1) is 0 Å². The first-order chi connectivity index (χ1) is 6.61. The molecule has 0 aromatic carbocycles. The number of hydrogen-bond acceptors (Lipinski definition) is 2. The Morgan fingerprint density at radius 3 is 2.00 bits per heavy atom. The van der Waals surface area contributed by atoms with Crippen molar-refractivity contribution >= 4 is 11.9 Å². The minimum atomic E-state index is -0.832. The number of carboxylic acids is 1. The van der Waals surface area contributed by atoms with Gasteiger partial charge < -0.3 is 10.0 Å². The summed E-state index contributed by atoms with van der Waals surface area (Å²) < 4.78 is 0. The molecule has 2 atom stereocenters. The van der Waals surface area contributed by atoms with E-state index in [1.54, 1.807) is 4.90 Å². The Bertz CT molecular complexity index is 236. The monoisotopic (exact) mass is 199 g/mol. The summed E-state index contributed by atoms with van der Waals surface area (Å²) >= 11 is 0. The number of nitrogens with zero attached hydrogens (tertiary/aromatic N) is 1. The molecule has 0 saturated heterocycles. The first-order valence-electron chi connectivity index (χ1n) is 5.13. The molecule has 2 unspecified atom stereocenters. The van der Waals surface area contributed by atoms with Crippen LogP contribution >= 0.6 is 0 Å². The van der Waals surface area contributed by atoms with E-state index >= 15 is 0 Å². The van der Waals surface area contributed by atoms with Crippen molar-refractivity contribution < 1.29 is 14.7 Å². The zero-order chi connectivity index (χ0) is 10.7. The lowest BCUT2D eigenvalue weighted by Crippen LogP contribution is -2.46. The molecule has 1 saturated carbocycles. The highest BCUT2D eigenvalue weighted by Gasteiger charge is 2.42. The van der Waals surface area contributed by atoms with Crippen LogP contribution in [0.2, 0.25) is 0 Å². The lowest BCUT2D eigenvalue weighted by Gasteiger charge is -2.35. The molecule has 1 fully saturated rings. The summed E-state index contributed by atoms with van der Waals surface area (Å²) in [5, 5.41) is 8.81. The van der Waals surface area contributed by atoms with Gasteiger partial charge in [-0.25, -0.2) is 0 Å². The highest BCUT2D eigenvalue weighted by atomic mass is 16.4. The van der Waals surface area contributed by atoms with Crippen molar-refractivity contribution in [2.45, 2.75) is 26.7 Å². The number of carbonyl (C=O) groups excluding carboxylic acids is 1. The smallest absolute Gasteiger partial charge is 0.307 e. The van der Waals surface area contributed by atoms with E-state index < -0.39 is 11.9 Å². The second-order valence-corrected chi connectivity index (χ2v) is 3.64. The average molecular weight is 199 g/mol. The van der Waals surface area contributed by atoms with E-state index in [2.05, 4.69) is 0 Å². The molecule has 0 heterocycles. The van der Waals surface area contributed by atoms with Crippen LogP contribution in [0, 0.1) is 11.8 Å². The SMILES string of the molecule is CCN(CC)C(=O)C1CCC1C(=O)O. The van der Waals surface area contributed by atoms with E-state index in [-0.39, 0.29) is 11.8 Å². The molecule has 0 aromatic heterocycles. The summed E-state index contributed by atoms with van der Waals surface area (Å²) in [7, 11) is 0. The van der Waals surface area contributed by atoms with Crippen LogP contribution in [0.3, 0.4) is 0 Å². The van der Waals surface area contributed by atoms with Crippen molar-refractivity contribution in [1.82, 2.24) is 4.90 Å². The lowest BCUT2D eigenvalue weighted by molar-refractivity contribution is -0.156. The highest BCUT2D eigenvalue weighted by molar-refractivity contribution is 5.86. The van der Waals surface area contributed by atoms with Crippen LogP contribution in [0.5, 0.6) is 0 Å². The van der Waals surface area contributed by atoms with Crippen LogP contribution in [0.25, 0.3) is 0 Å². The van der Waals surface area contributed by atoms with Crippen LogP contribution in [0.4, 0.5) is 0 Å². The van der Waals surface area contributed by atoms with E-state index in [9.17, 15) is 9.59 Å². The molecule has 4 nitrogen and oxygen atoms in total. The molecular weight excluding hydrogens is 182 g/mol. The van der Waals surface area contributed by atoms with E-state index in [0.29, 0.717) is 19.5 Å². The zero-order valence-electron chi connectivity index (χ0n) is 8.69. The van der Waals surface area contributed by atoms with Gasteiger partial charge in [0.05, 0.1) is 11.8 Å². The van der Waals surface area contributed by atoms with Gasteiger partial charge in [0.1, 0.15) is 0 Å². The van der Waals surface area contributed by atoms with E-state index in [1.807, 2.05) is 13.8 Å². The van der Waals surface area contributed by atoms with E-state index in [1.165, 1.54) is 0 Å². The summed E-state index contributed by atoms with van der Waals surface area (Å²) in [6.45, 7) is 5.15. The number of hydrogen-bond donors (Lipinski definition) is 1. The van der Waals surface area contributed by atoms with Crippen LogP contribution in [-0.4, -0.2) is 35.0 Å². The number of aliphatic carboxylic acids is 1.